The van der Waals surface area contributed by atoms with Gasteiger partial charge in [0.2, 0.25) is 0 Å². The molecule has 21 heavy (non-hydrogen) atoms. The molecular weight excluding hydrogens is 344 g/mol. The molecule has 0 aliphatic carbocycles. The van der Waals surface area contributed by atoms with Crippen LogP contribution in [-0.4, -0.2) is 9.85 Å². The molecule has 8 nitrogen and oxygen atoms in total. The zero-order chi connectivity index (χ0) is 15.6. The molecule has 2 aromatic carbocycles. The Kier molecular flexibility index (Phi) is 4.03. The van der Waals surface area contributed by atoms with Gasteiger partial charge < -0.3 is 11.1 Å². The van der Waals surface area contributed by atoms with Gasteiger partial charge in [0.05, 0.1) is 9.85 Å². The summed E-state index contributed by atoms with van der Waals surface area (Å²) in [7, 11) is 0. The number of nitrogen functional groups attached to an aromatic ring is 1. The highest BCUT2D eigenvalue weighted by Crippen LogP contribution is 2.39. The van der Waals surface area contributed by atoms with E-state index in [1.54, 1.807) is 24.3 Å². The van der Waals surface area contributed by atoms with Crippen molar-refractivity contribution < 1.29 is 9.85 Å². The van der Waals surface area contributed by atoms with Gasteiger partial charge in [0.25, 0.3) is 0 Å². The molecule has 108 valence electrons. The zero-order valence-corrected chi connectivity index (χ0v) is 12.0. The van der Waals surface area contributed by atoms with Crippen molar-refractivity contribution in [2.24, 2.45) is 0 Å². The number of rotatable bonds is 4. The summed E-state index contributed by atoms with van der Waals surface area (Å²) in [5.74, 6) is 0. The molecule has 0 saturated heterocycles. The summed E-state index contributed by atoms with van der Waals surface area (Å²) in [4.78, 5) is 20.8. The fourth-order valence-electron chi connectivity index (χ4n) is 1.71. The number of nitro benzene ring substituents is 2. The number of hydrogen-bond donors (Lipinski definition) is 2. The Bertz CT molecular complexity index is 683. The predicted octanol–water partition coefficient (Wildman–Crippen LogP) is 3.59. The molecule has 0 radical (unpaired) electrons. The number of halogens is 1. The molecule has 0 aliphatic rings. The van der Waals surface area contributed by atoms with Gasteiger partial charge in [-0.25, -0.2) is 0 Å². The largest absolute Gasteiger partial charge is 0.399 e. The molecule has 0 spiro atoms. The number of nitro groups is 2. The van der Waals surface area contributed by atoms with Crippen molar-refractivity contribution in [1.29, 1.82) is 0 Å². The molecule has 0 amide bonds. The van der Waals surface area contributed by atoms with Crippen LogP contribution in [0.25, 0.3) is 0 Å². The fraction of sp³-hybridized carbons (Fsp3) is 0. The molecule has 2 rings (SSSR count). The highest BCUT2D eigenvalue weighted by Gasteiger charge is 2.26. The quantitative estimate of drug-likeness (QED) is 0.492. The van der Waals surface area contributed by atoms with E-state index in [1.807, 2.05) is 0 Å². The van der Waals surface area contributed by atoms with Crippen LogP contribution < -0.4 is 11.1 Å². The molecule has 0 saturated carbocycles. The molecule has 2 aromatic rings. The molecule has 0 heterocycles. The molecule has 0 aromatic heterocycles. The zero-order valence-electron chi connectivity index (χ0n) is 10.4. The van der Waals surface area contributed by atoms with Gasteiger partial charge in [0, 0.05) is 28.0 Å². The third-order valence-electron chi connectivity index (χ3n) is 2.63. The highest BCUT2D eigenvalue weighted by atomic mass is 79.9. The third kappa shape index (κ3) is 3.26. The molecular formula is C12H9BrN4O4. The van der Waals surface area contributed by atoms with Crippen molar-refractivity contribution in [2.45, 2.75) is 0 Å². The number of benzene rings is 2. The Labute approximate surface area is 127 Å². The van der Waals surface area contributed by atoms with Crippen molar-refractivity contribution >= 4 is 44.4 Å². The van der Waals surface area contributed by atoms with Gasteiger partial charge in [-0.15, -0.1) is 0 Å². The highest BCUT2D eigenvalue weighted by molar-refractivity contribution is 9.10. The van der Waals surface area contributed by atoms with Gasteiger partial charge in [-0.2, -0.15) is 0 Å². The molecule has 0 fully saturated rings. The first kappa shape index (κ1) is 14.7. The monoisotopic (exact) mass is 352 g/mol. The normalized spacial score (nSPS) is 10.1. The lowest BCUT2D eigenvalue weighted by atomic mass is 10.2. The minimum absolute atomic E-state index is 0.182. The summed E-state index contributed by atoms with van der Waals surface area (Å²) in [5.41, 5.74) is 5.54. The van der Waals surface area contributed by atoms with Gasteiger partial charge in [-0.3, -0.25) is 20.2 Å². The summed E-state index contributed by atoms with van der Waals surface area (Å²) in [6.45, 7) is 0. The van der Waals surface area contributed by atoms with E-state index in [2.05, 4.69) is 21.2 Å². The van der Waals surface area contributed by atoms with E-state index in [-0.39, 0.29) is 10.2 Å². The van der Waals surface area contributed by atoms with Gasteiger partial charge in [0.1, 0.15) is 0 Å². The minimum Gasteiger partial charge on any atom is -0.399 e. The van der Waals surface area contributed by atoms with Crippen molar-refractivity contribution in [2.75, 3.05) is 11.1 Å². The van der Waals surface area contributed by atoms with Crippen LogP contribution in [0.1, 0.15) is 0 Å². The molecule has 3 N–H and O–H groups in total. The van der Waals surface area contributed by atoms with E-state index < -0.39 is 21.2 Å². The number of nitrogens with zero attached hydrogens (tertiary/aromatic N) is 2. The van der Waals surface area contributed by atoms with E-state index in [1.165, 1.54) is 12.1 Å². The van der Waals surface area contributed by atoms with Crippen LogP contribution >= 0.6 is 15.9 Å². The first-order valence-electron chi connectivity index (χ1n) is 5.63. The van der Waals surface area contributed by atoms with Crippen LogP contribution in [0.15, 0.2) is 40.9 Å². The van der Waals surface area contributed by atoms with Crippen molar-refractivity contribution in [3.8, 4) is 0 Å². The third-order valence-corrected chi connectivity index (χ3v) is 3.09. The average molecular weight is 353 g/mol. The Morgan fingerprint density at radius 1 is 1.00 bits per heavy atom. The summed E-state index contributed by atoms with van der Waals surface area (Å²) >= 11 is 3.03. The topological polar surface area (TPSA) is 124 Å². The maximum absolute atomic E-state index is 11.1. The number of hydrogen-bond acceptors (Lipinski definition) is 6. The van der Waals surface area contributed by atoms with Crippen LogP contribution in [0.3, 0.4) is 0 Å². The molecule has 0 aliphatic heterocycles. The van der Waals surface area contributed by atoms with Crippen LogP contribution in [0.4, 0.5) is 28.4 Å². The van der Waals surface area contributed by atoms with E-state index in [0.717, 1.165) is 0 Å². The molecule has 0 unspecified atom stereocenters. The van der Waals surface area contributed by atoms with Crippen LogP contribution in [0.5, 0.6) is 0 Å². The van der Waals surface area contributed by atoms with Crippen LogP contribution in [0.2, 0.25) is 0 Å². The summed E-state index contributed by atoms with van der Waals surface area (Å²) in [6, 6.07) is 8.71. The lowest BCUT2D eigenvalue weighted by Gasteiger charge is -2.08. The first-order valence-corrected chi connectivity index (χ1v) is 6.42. The van der Waals surface area contributed by atoms with Crippen molar-refractivity contribution in [3.05, 3.63) is 61.1 Å². The SMILES string of the molecule is Nc1ccc(Nc2c([N+](=O)[O-])cc(Br)cc2[N+](=O)[O-])cc1. The lowest BCUT2D eigenvalue weighted by Crippen LogP contribution is -2.02. The van der Waals surface area contributed by atoms with Gasteiger partial charge in [-0.1, -0.05) is 15.9 Å². The summed E-state index contributed by atoms with van der Waals surface area (Å²) in [5, 5.41) is 24.9. The Hall–Kier alpha value is -2.68. The molecule has 0 bridgehead atoms. The smallest absolute Gasteiger partial charge is 0.300 e. The maximum atomic E-state index is 11.1. The van der Waals surface area contributed by atoms with E-state index in [0.29, 0.717) is 11.4 Å². The average Bonchev–Trinajstić information content (AvgIpc) is 2.42. The minimum atomic E-state index is -0.683. The van der Waals surface area contributed by atoms with Gasteiger partial charge >= 0.3 is 11.4 Å². The summed E-state index contributed by atoms with van der Waals surface area (Å²) < 4.78 is 0.253. The number of nitrogens with one attached hydrogen (secondary N) is 1. The van der Waals surface area contributed by atoms with Crippen molar-refractivity contribution in [3.63, 3.8) is 0 Å². The van der Waals surface area contributed by atoms with Crippen molar-refractivity contribution in [1.82, 2.24) is 0 Å². The second kappa shape index (κ2) is 5.75. The maximum Gasteiger partial charge on any atom is 0.300 e. The Morgan fingerprint density at radius 2 is 1.48 bits per heavy atom. The van der Waals surface area contributed by atoms with Gasteiger partial charge in [0.15, 0.2) is 5.69 Å². The molecule has 0 atom stereocenters. The Balaban J connectivity index is 2.56. The summed E-state index contributed by atoms with van der Waals surface area (Å²) in [6.07, 6.45) is 0. The second-order valence-electron chi connectivity index (χ2n) is 4.08. The lowest BCUT2D eigenvalue weighted by molar-refractivity contribution is -0.392. The Morgan fingerprint density at radius 3 is 1.90 bits per heavy atom. The fourth-order valence-corrected chi connectivity index (χ4v) is 2.14. The standard InChI is InChI=1S/C12H9BrN4O4/c13-7-5-10(16(18)19)12(11(6-7)17(20)21)15-9-3-1-8(14)2-4-9/h1-6,15H,14H2. The van der Waals surface area contributed by atoms with E-state index >= 15 is 0 Å². The second-order valence-corrected chi connectivity index (χ2v) is 5.00. The van der Waals surface area contributed by atoms with Gasteiger partial charge in [-0.05, 0) is 24.3 Å². The number of nitrogens with two attached hydrogens (primary N) is 1. The predicted molar refractivity (Wildman–Crippen MR) is 81.6 cm³/mol. The van der Waals surface area contributed by atoms with E-state index in [9.17, 15) is 20.2 Å². The van der Waals surface area contributed by atoms with Crippen LogP contribution in [-0.2, 0) is 0 Å². The molecule has 9 heteroatoms. The number of anilines is 3. The first-order chi connectivity index (χ1) is 9.88. The van der Waals surface area contributed by atoms with E-state index in [4.69, 9.17) is 5.73 Å². The van der Waals surface area contributed by atoms with Crippen LogP contribution in [0, 0.1) is 20.2 Å².